The van der Waals surface area contributed by atoms with Gasteiger partial charge in [-0.3, -0.25) is 14.8 Å². The van der Waals surface area contributed by atoms with Gasteiger partial charge in [0, 0.05) is 32.5 Å². The lowest BCUT2D eigenvalue weighted by Crippen LogP contribution is -2.38. The van der Waals surface area contributed by atoms with Crippen LogP contribution in [0.1, 0.15) is 16.1 Å². The molecule has 120 valence electrons. The molecule has 0 unspecified atom stereocenters. The van der Waals surface area contributed by atoms with Gasteiger partial charge in [-0.05, 0) is 25.1 Å². The number of ether oxygens (including phenoxy) is 1. The fraction of sp³-hybridized carbons (Fsp3) is 0.353. The van der Waals surface area contributed by atoms with Crippen LogP contribution < -0.4 is 9.80 Å². The van der Waals surface area contributed by atoms with Crippen LogP contribution in [0.5, 0.6) is 0 Å². The van der Waals surface area contributed by atoms with E-state index in [1.807, 2.05) is 19.1 Å². The Morgan fingerprint density at radius 1 is 1.26 bits per heavy atom. The molecule has 23 heavy (non-hydrogen) atoms. The average Bonchev–Trinajstić information content (AvgIpc) is 2.61. The summed E-state index contributed by atoms with van der Waals surface area (Å²) in [6, 6.07) is 5.47. The molecule has 0 aliphatic carbocycles. The van der Waals surface area contributed by atoms with Crippen molar-refractivity contribution < 1.29 is 9.53 Å². The fourth-order valence-electron chi connectivity index (χ4n) is 2.77. The van der Waals surface area contributed by atoms with Gasteiger partial charge in [-0.25, -0.2) is 0 Å². The molecular weight excluding hydrogens is 292 g/mol. The topological polar surface area (TPSA) is 58.6 Å². The summed E-state index contributed by atoms with van der Waals surface area (Å²) in [4.78, 5) is 25.2. The second kappa shape index (κ2) is 6.75. The minimum atomic E-state index is -0.0648. The lowest BCUT2D eigenvalue weighted by Gasteiger charge is -2.31. The maximum atomic E-state index is 13.0. The van der Waals surface area contributed by atoms with E-state index in [0.29, 0.717) is 18.8 Å². The summed E-state index contributed by atoms with van der Waals surface area (Å²) >= 11 is 0. The van der Waals surface area contributed by atoms with Gasteiger partial charge in [-0.15, -0.1) is 0 Å². The summed E-state index contributed by atoms with van der Waals surface area (Å²) in [6.45, 7) is 4.80. The van der Waals surface area contributed by atoms with Gasteiger partial charge in [0.1, 0.15) is 0 Å². The molecule has 6 nitrogen and oxygen atoms in total. The molecule has 1 saturated heterocycles. The molecule has 0 radical (unpaired) electrons. The number of carbonyl (C=O) groups excluding carboxylic acids is 1. The molecule has 2 aromatic rings. The molecular formula is C17H20N4O2. The Morgan fingerprint density at radius 3 is 2.74 bits per heavy atom. The van der Waals surface area contributed by atoms with E-state index in [4.69, 9.17) is 4.74 Å². The Kier molecular flexibility index (Phi) is 4.52. The third-order valence-corrected chi connectivity index (χ3v) is 4.00. The van der Waals surface area contributed by atoms with Crippen molar-refractivity contribution in [3.63, 3.8) is 0 Å². The van der Waals surface area contributed by atoms with E-state index >= 15 is 0 Å². The number of rotatable bonds is 3. The number of hydrogen-bond donors (Lipinski definition) is 0. The van der Waals surface area contributed by atoms with Crippen LogP contribution >= 0.6 is 0 Å². The lowest BCUT2D eigenvalue weighted by molar-refractivity contribution is 0.0991. The summed E-state index contributed by atoms with van der Waals surface area (Å²) in [5.41, 5.74) is 3.18. The molecule has 0 aromatic carbocycles. The van der Waals surface area contributed by atoms with Gasteiger partial charge < -0.3 is 14.5 Å². The van der Waals surface area contributed by atoms with Crippen LogP contribution in [0.3, 0.4) is 0 Å². The summed E-state index contributed by atoms with van der Waals surface area (Å²) in [5, 5.41) is 0. The zero-order valence-electron chi connectivity index (χ0n) is 13.4. The largest absolute Gasteiger partial charge is 0.378 e. The number of anilines is 2. The van der Waals surface area contributed by atoms with E-state index in [1.165, 1.54) is 0 Å². The SMILES string of the molecule is Cc1nccc(C(=O)N(C)c2cccnc2)c1N1CCOCC1. The zero-order chi connectivity index (χ0) is 16.2. The van der Waals surface area contributed by atoms with Gasteiger partial charge in [0.05, 0.1) is 42.0 Å². The summed E-state index contributed by atoms with van der Waals surface area (Å²) in [7, 11) is 1.76. The third kappa shape index (κ3) is 3.17. The van der Waals surface area contributed by atoms with Gasteiger partial charge in [-0.1, -0.05) is 0 Å². The minimum Gasteiger partial charge on any atom is -0.378 e. The van der Waals surface area contributed by atoms with E-state index in [9.17, 15) is 4.79 Å². The minimum absolute atomic E-state index is 0.0648. The van der Waals surface area contributed by atoms with Gasteiger partial charge in [-0.2, -0.15) is 0 Å². The highest BCUT2D eigenvalue weighted by molar-refractivity contribution is 6.09. The van der Waals surface area contributed by atoms with E-state index < -0.39 is 0 Å². The molecule has 0 saturated carbocycles. The molecule has 3 heterocycles. The van der Waals surface area contributed by atoms with E-state index in [0.717, 1.165) is 30.2 Å². The van der Waals surface area contributed by atoms with Gasteiger partial charge >= 0.3 is 0 Å². The summed E-state index contributed by atoms with van der Waals surface area (Å²) < 4.78 is 5.41. The Hall–Kier alpha value is -2.47. The van der Waals surface area contributed by atoms with Crippen molar-refractivity contribution >= 4 is 17.3 Å². The van der Waals surface area contributed by atoms with E-state index in [-0.39, 0.29) is 5.91 Å². The predicted molar refractivity (Wildman–Crippen MR) is 89.0 cm³/mol. The molecule has 1 fully saturated rings. The molecule has 1 aliphatic rings. The molecule has 3 rings (SSSR count). The lowest BCUT2D eigenvalue weighted by atomic mass is 10.1. The molecule has 0 N–H and O–H groups in total. The first-order chi connectivity index (χ1) is 11.2. The standard InChI is InChI=1S/C17H20N4O2/c1-13-16(21-8-10-23-11-9-21)15(5-7-19-13)17(22)20(2)14-4-3-6-18-12-14/h3-7,12H,8-11H2,1-2H3. The van der Waals surface area contributed by atoms with Crippen molar-refractivity contribution in [1.29, 1.82) is 0 Å². The van der Waals surface area contributed by atoms with Crippen molar-refractivity contribution in [3.05, 3.63) is 48.0 Å². The Bertz CT molecular complexity index is 684. The number of amides is 1. The molecule has 1 amide bonds. The van der Waals surface area contributed by atoms with Gasteiger partial charge in [0.15, 0.2) is 0 Å². The van der Waals surface area contributed by atoms with Crippen LogP contribution in [0.2, 0.25) is 0 Å². The first-order valence-corrected chi connectivity index (χ1v) is 7.65. The normalized spacial score (nSPS) is 14.6. The maximum Gasteiger partial charge on any atom is 0.260 e. The number of aromatic nitrogens is 2. The first kappa shape index (κ1) is 15.4. The average molecular weight is 312 g/mol. The quantitative estimate of drug-likeness (QED) is 0.866. The number of carbonyl (C=O) groups is 1. The van der Waals surface area contributed by atoms with Crippen LogP contribution in [0.25, 0.3) is 0 Å². The fourth-order valence-corrected chi connectivity index (χ4v) is 2.77. The second-order valence-corrected chi connectivity index (χ2v) is 5.47. The van der Waals surface area contributed by atoms with E-state index in [1.54, 1.807) is 36.6 Å². The first-order valence-electron chi connectivity index (χ1n) is 7.65. The van der Waals surface area contributed by atoms with Crippen LogP contribution in [-0.2, 0) is 4.74 Å². The van der Waals surface area contributed by atoms with Crippen molar-refractivity contribution in [2.45, 2.75) is 6.92 Å². The molecule has 0 atom stereocenters. The Morgan fingerprint density at radius 2 is 2.04 bits per heavy atom. The Labute approximate surface area is 135 Å². The van der Waals surface area contributed by atoms with E-state index in [2.05, 4.69) is 14.9 Å². The maximum absolute atomic E-state index is 13.0. The smallest absolute Gasteiger partial charge is 0.260 e. The second-order valence-electron chi connectivity index (χ2n) is 5.47. The highest BCUT2D eigenvalue weighted by atomic mass is 16.5. The van der Waals surface area contributed by atoms with Crippen molar-refractivity contribution in [2.24, 2.45) is 0 Å². The predicted octanol–water partition coefficient (Wildman–Crippen LogP) is 1.90. The monoisotopic (exact) mass is 312 g/mol. The number of aryl methyl sites for hydroxylation is 1. The van der Waals surface area contributed by atoms with Crippen molar-refractivity contribution in [2.75, 3.05) is 43.2 Å². The van der Waals surface area contributed by atoms with Crippen LogP contribution in [-0.4, -0.2) is 49.2 Å². The zero-order valence-corrected chi connectivity index (χ0v) is 13.4. The summed E-state index contributed by atoms with van der Waals surface area (Å²) in [5.74, 6) is -0.0648. The van der Waals surface area contributed by atoms with Crippen LogP contribution in [0.15, 0.2) is 36.8 Å². The number of hydrogen-bond acceptors (Lipinski definition) is 5. The van der Waals surface area contributed by atoms with Gasteiger partial charge in [0.2, 0.25) is 0 Å². The molecule has 2 aromatic heterocycles. The van der Waals surface area contributed by atoms with Crippen molar-refractivity contribution in [1.82, 2.24) is 9.97 Å². The highest BCUT2D eigenvalue weighted by Gasteiger charge is 2.23. The van der Waals surface area contributed by atoms with Crippen LogP contribution in [0.4, 0.5) is 11.4 Å². The van der Waals surface area contributed by atoms with Crippen LogP contribution in [0, 0.1) is 6.92 Å². The Balaban J connectivity index is 1.95. The molecule has 0 bridgehead atoms. The summed E-state index contributed by atoms with van der Waals surface area (Å²) in [6.07, 6.45) is 5.06. The number of pyridine rings is 2. The molecule has 1 aliphatic heterocycles. The number of morpholine rings is 1. The molecule has 0 spiro atoms. The third-order valence-electron chi connectivity index (χ3n) is 4.00. The van der Waals surface area contributed by atoms with Crippen molar-refractivity contribution in [3.8, 4) is 0 Å². The molecule has 6 heteroatoms. The van der Waals surface area contributed by atoms with Gasteiger partial charge in [0.25, 0.3) is 5.91 Å². The number of nitrogens with zero attached hydrogens (tertiary/aromatic N) is 4. The highest BCUT2D eigenvalue weighted by Crippen LogP contribution is 2.26.